The largest absolute Gasteiger partial charge is 0.383 e. The van der Waals surface area contributed by atoms with Crippen LogP contribution in [0.1, 0.15) is 37.7 Å². The van der Waals surface area contributed by atoms with Crippen LogP contribution in [-0.2, 0) is 0 Å². The molecular weight excluding hydrogens is 272 g/mol. The van der Waals surface area contributed by atoms with Crippen LogP contribution < -0.4 is 5.32 Å². The minimum Gasteiger partial charge on any atom is -0.383 e. The van der Waals surface area contributed by atoms with Crippen LogP contribution in [0.3, 0.4) is 0 Å². The summed E-state index contributed by atoms with van der Waals surface area (Å²) in [6.45, 7) is 2.87. The highest BCUT2D eigenvalue weighted by molar-refractivity contribution is 8.00. The van der Waals surface area contributed by atoms with Crippen LogP contribution in [-0.4, -0.2) is 22.5 Å². The van der Waals surface area contributed by atoms with E-state index >= 15 is 0 Å². The van der Waals surface area contributed by atoms with Gasteiger partial charge in [0, 0.05) is 29.1 Å². The molecule has 110 valence electrons. The molecule has 4 nitrogen and oxygen atoms in total. The second-order valence-electron chi connectivity index (χ2n) is 5.56. The Balaban J connectivity index is 2.09. The van der Waals surface area contributed by atoms with E-state index in [9.17, 15) is 10.1 Å². The summed E-state index contributed by atoms with van der Waals surface area (Å²) in [5.41, 5.74) is 2.10. The molecule has 0 heterocycles. The van der Waals surface area contributed by atoms with Crippen molar-refractivity contribution in [2.24, 2.45) is 0 Å². The summed E-state index contributed by atoms with van der Waals surface area (Å²) >= 11 is 1.93. The Morgan fingerprint density at radius 3 is 2.65 bits per heavy atom. The Labute approximate surface area is 124 Å². The van der Waals surface area contributed by atoms with Crippen molar-refractivity contribution in [3.8, 4) is 0 Å². The van der Waals surface area contributed by atoms with E-state index in [2.05, 4.69) is 11.6 Å². The van der Waals surface area contributed by atoms with Gasteiger partial charge in [0.25, 0.3) is 5.69 Å². The third kappa shape index (κ3) is 3.45. The van der Waals surface area contributed by atoms with Crippen molar-refractivity contribution in [3.05, 3.63) is 33.9 Å². The van der Waals surface area contributed by atoms with E-state index in [4.69, 9.17) is 0 Å². The van der Waals surface area contributed by atoms with Gasteiger partial charge in [-0.25, -0.2) is 0 Å². The number of benzene rings is 1. The maximum absolute atomic E-state index is 10.9. The predicted octanol–water partition coefficient (Wildman–Crippen LogP) is 4.38. The fourth-order valence-corrected chi connectivity index (χ4v) is 3.73. The number of nitrogens with zero attached hydrogens (tertiary/aromatic N) is 1. The number of rotatable bonds is 5. The molecule has 0 amide bonds. The van der Waals surface area contributed by atoms with Gasteiger partial charge in [-0.2, -0.15) is 11.8 Å². The third-order valence-corrected chi connectivity index (χ3v) is 5.65. The molecule has 0 aromatic heterocycles. The standard InChI is InChI=1S/C15H22N2O2S/c1-12-6-7-13(17(18)19)10-14(12)16-11-15(20-2)8-4-3-5-9-15/h6-7,10,16H,3-5,8-9,11H2,1-2H3. The highest BCUT2D eigenvalue weighted by Gasteiger charge is 2.31. The Bertz CT molecular complexity index is 485. The molecule has 1 aliphatic carbocycles. The normalized spacial score (nSPS) is 17.7. The average Bonchev–Trinajstić information content (AvgIpc) is 2.47. The zero-order valence-corrected chi connectivity index (χ0v) is 13.0. The summed E-state index contributed by atoms with van der Waals surface area (Å²) in [5, 5.41) is 14.3. The topological polar surface area (TPSA) is 55.2 Å². The lowest BCUT2D eigenvalue weighted by molar-refractivity contribution is -0.384. The van der Waals surface area contributed by atoms with Crippen molar-refractivity contribution in [1.29, 1.82) is 0 Å². The Morgan fingerprint density at radius 2 is 2.05 bits per heavy atom. The molecule has 1 aromatic carbocycles. The van der Waals surface area contributed by atoms with Gasteiger partial charge >= 0.3 is 0 Å². The fourth-order valence-electron chi connectivity index (χ4n) is 2.82. The van der Waals surface area contributed by atoms with Crippen LogP contribution in [0.25, 0.3) is 0 Å². The molecule has 1 aromatic rings. The first-order valence-electron chi connectivity index (χ1n) is 7.10. The van der Waals surface area contributed by atoms with Gasteiger partial charge in [-0.1, -0.05) is 25.3 Å². The molecule has 0 atom stereocenters. The van der Waals surface area contributed by atoms with Crippen LogP contribution in [0.15, 0.2) is 18.2 Å². The quantitative estimate of drug-likeness (QED) is 0.646. The van der Waals surface area contributed by atoms with Crippen molar-refractivity contribution < 1.29 is 4.92 Å². The van der Waals surface area contributed by atoms with Gasteiger partial charge in [0.15, 0.2) is 0 Å². The number of nitro benzene ring substituents is 1. The Hall–Kier alpha value is -1.23. The number of thioether (sulfide) groups is 1. The summed E-state index contributed by atoms with van der Waals surface area (Å²) in [6, 6.07) is 5.02. The van der Waals surface area contributed by atoms with Crippen LogP contribution in [0.2, 0.25) is 0 Å². The second-order valence-corrected chi connectivity index (χ2v) is 6.83. The fraction of sp³-hybridized carbons (Fsp3) is 0.600. The van der Waals surface area contributed by atoms with Gasteiger partial charge in [-0.05, 0) is 31.6 Å². The first-order chi connectivity index (χ1) is 9.56. The van der Waals surface area contributed by atoms with Gasteiger partial charge in [-0.3, -0.25) is 10.1 Å². The smallest absolute Gasteiger partial charge is 0.271 e. The van der Waals surface area contributed by atoms with E-state index in [1.807, 2.05) is 24.8 Å². The monoisotopic (exact) mass is 294 g/mol. The van der Waals surface area contributed by atoms with Crippen LogP contribution in [0, 0.1) is 17.0 Å². The lowest BCUT2D eigenvalue weighted by Gasteiger charge is -2.36. The summed E-state index contributed by atoms with van der Waals surface area (Å²) in [7, 11) is 0. The van der Waals surface area contributed by atoms with Crippen molar-refractivity contribution in [1.82, 2.24) is 0 Å². The first kappa shape index (κ1) is 15.2. The van der Waals surface area contributed by atoms with E-state index in [0.29, 0.717) is 0 Å². The molecule has 1 fully saturated rings. The molecule has 1 aliphatic rings. The lowest BCUT2D eigenvalue weighted by Crippen LogP contribution is -2.35. The lowest BCUT2D eigenvalue weighted by atomic mass is 9.88. The molecule has 20 heavy (non-hydrogen) atoms. The van der Waals surface area contributed by atoms with Crippen LogP contribution in [0.4, 0.5) is 11.4 Å². The third-order valence-electron chi connectivity index (χ3n) is 4.23. The number of non-ortho nitro benzene ring substituents is 1. The van der Waals surface area contributed by atoms with E-state index in [1.165, 1.54) is 32.1 Å². The zero-order chi connectivity index (χ0) is 14.6. The van der Waals surface area contributed by atoms with Gasteiger partial charge in [0.2, 0.25) is 0 Å². The van der Waals surface area contributed by atoms with Gasteiger partial charge in [0.05, 0.1) is 4.92 Å². The van der Waals surface area contributed by atoms with Crippen molar-refractivity contribution in [2.75, 3.05) is 18.1 Å². The summed E-state index contributed by atoms with van der Waals surface area (Å²) in [5.74, 6) is 0. The second kappa shape index (κ2) is 6.48. The first-order valence-corrected chi connectivity index (χ1v) is 8.33. The van der Waals surface area contributed by atoms with Crippen LogP contribution >= 0.6 is 11.8 Å². The van der Waals surface area contributed by atoms with E-state index in [1.54, 1.807) is 12.1 Å². The molecule has 0 bridgehead atoms. The number of anilines is 1. The maximum Gasteiger partial charge on any atom is 0.271 e. The number of nitrogens with one attached hydrogen (secondary N) is 1. The molecule has 0 spiro atoms. The molecule has 1 N–H and O–H groups in total. The predicted molar refractivity (Wildman–Crippen MR) is 85.7 cm³/mol. The molecule has 2 rings (SSSR count). The van der Waals surface area contributed by atoms with E-state index in [0.717, 1.165) is 17.8 Å². The summed E-state index contributed by atoms with van der Waals surface area (Å²) < 4.78 is 0.287. The molecular formula is C15H22N2O2S. The van der Waals surface area contributed by atoms with Crippen molar-refractivity contribution >= 4 is 23.1 Å². The molecule has 5 heteroatoms. The van der Waals surface area contributed by atoms with Gasteiger partial charge in [0.1, 0.15) is 0 Å². The molecule has 0 saturated heterocycles. The number of hydrogen-bond donors (Lipinski definition) is 1. The number of aryl methyl sites for hydroxylation is 1. The molecule has 1 saturated carbocycles. The molecule has 0 aliphatic heterocycles. The maximum atomic E-state index is 10.9. The van der Waals surface area contributed by atoms with E-state index < -0.39 is 0 Å². The zero-order valence-electron chi connectivity index (χ0n) is 12.1. The summed E-state index contributed by atoms with van der Waals surface area (Å²) in [4.78, 5) is 10.5. The average molecular weight is 294 g/mol. The van der Waals surface area contributed by atoms with E-state index in [-0.39, 0.29) is 15.4 Å². The highest BCUT2D eigenvalue weighted by atomic mass is 32.2. The summed E-state index contributed by atoms with van der Waals surface area (Å²) in [6.07, 6.45) is 8.54. The van der Waals surface area contributed by atoms with Crippen LogP contribution in [0.5, 0.6) is 0 Å². The van der Waals surface area contributed by atoms with Gasteiger partial charge in [-0.15, -0.1) is 0 Å². The molecule has 0 radical (unpaired) electrons. The molecule has 0 unspecified atom stereocenters. The Morgan fingerprint density at radius 1 is 1.35 bits per heavy atom. The number of hydrogen-bond acceptors (Lipinski definition) is 4. The Kier molecular flexibility index (Phi) is 4.91. The highest BCUT2D eigenvalue weighted by Crippen LogP contribution is 2.39. The SMILES string of the molecule is CSC1(CNc2cc([N+](=O)[O-])ccc2C)CCCCC1. The van der Waals surface area contributed by atoms with Crippen molar-refractivity contribution in [2.45, 2.75) is 43.8 Å². The number of nitro groups is 1. The van der Waals surface area contributed by atoms with Crippen molar-refractivity contribution in [3.63, 3.8) is 0 Å². The van der Waals surface area contributed by atoms with Gasteiger partial charge < -0.3 is 5.32 Å². The minimum absolute atomic E-state index is 0.153. The minimum atomic E-state index is -0.338.